The van der Waals surface area contributed by atoms with Crippen molar-refractivity contribution in [3.8, 4) is 10.4 Å². The second-order valence-electron chi connectivity index (χ2n) is 7.05. The molecule has 31 heavy (non-hydrogen) atoms. The van der Waals surface area contributed by atoms with Crippen LogP contribution in [-0.4, -0.2) is 37.1 Å². The van der Waals surface area contributed by atoms with Gasteiger partial charge in [-0.05, 0) is 50.1 Å². The maximum atomic E-state index is 12.5. The van der Waals surface area contributed by atoms with Crippen molar-refractivity contribution in [3.63, 3.8) is 0 Å². The summed E-state index contributed by atoms with van der Waals surface area (Å²) in [6, 6.07) is 9.90. The lowest BCUT2D eigenvalue weighted by molar-refractivity contribution is -0.137. The van der Waals surface area contributed by atoms with Crippen LogP contribution in [0.3, 0.4) is 0 Å². The molecule has 0 spiro atoms. The molecule has 0 bridgehead atoms. The molecule has 0 saturated carbocycles. The van der Waals surface area contributed by atoms with E-state index in [2.05, 4.69) is 4.90 Å². The smallest absolute Gasteiger partial charge is 0.345 e. The van der Waals surface area contributed by atoms with Gasteiger partial charge in [-0.1, -0.05) is 6.42 Å². The highest BCUT2D eigenvalue weighted by Crippen LogP contribution is 2.31. The number of benzene rings is 1. The van der Waals surface area contributed by atoms with Gasteiger partial charge in [-0.2, -0.15) is 8.42 Å². The number of unbranched alkanes of at least 4 members (excludes halogenated alkanes) is 2. The van der Waals surface area contributed by atoms with Crippen LogP contribution in [0.1, 0.15) is 32.6 Å². The summed E-state index contributed by atoms with van der Waals surface area (Å²) in [7, 11) is -4.33. The molecule has 10 heteroatoms. The molecule has 0 radical (unpaired) electrons. The third-order valence-electron chi connectivity index (χ3n) is 4.89. The normalized spacial score (nSPS) is 11.7. The van der Waals surface area contributed by atoms with Crippen molar-refractivity contribution < 1.29 is 27.3 Å². The number of hydrogen-bond donors (Lipinski definition) is 2. The molecule has 2 aromatic heterocycles. The minimum absolute atomic E-state index is 0.172. The molecular weight excluding hydrogens is 442 g/mol. The number of fused-ring (bicyclic) bond motifs is 1. The van der Waals surface area contributed by atoms with Gasteiger partial charge in [0.25, 0.3) is 0 Å². The van der Waals surface area contributed by atoms with Gasteiger partial charge in [-0.15, -0.1) is 11.3 Å². The number of hydrogen-bond acceptors (Lipinski definition) is 7. The largest absolute Gasteiger partial charge is 0.481 e. The van der Waals surface area contributed by atoms with Crippen LogP contribution in [0.2, 0.25) is 0 Å². The molecule has 8 nitrogen and oxygen atoms in total. The number of carboxylic acid groups (broad SMARTS) is 1. The first-order chi connectivity index (χ1) is 14.7. The van der Waals surface area contributed by atoms with Gasteiger partial charge in [0.1, 0.15) is 9.79 Å². The van der Waals surface area contributed by atoms with Crippen molar-refractivity contribution in [2.75, 3.05) is 18.0 Å². The summed E-state index contributed by atoms with van der Waals surface area (Å²) in [6.07, 6.45) is 2.49. The molecule has 0 saturated heterocycles. The van der Waals surface area contributed by atoms with Crippen LogP contribution in [0.15, 0.2) is 49.8 Å². The Morgan fingerprint density at radius 1 is 1.13 bits per heavy atom. The van der Waals surface area contributed by atoms with Gasteiger partial charge in [0.15, 0.2) is 0 Å². The predicted octanol–water partition coefficient (Wildman–Crippen LogP) is 4.24. The molecule has 0 aliphatic heterocycles. The zero-order valence-electron chi connectivity index (χ0n) is 16.9. The van der Waals surface area contributed by atoms with Crippen molar-refractivity contribution >= 4 is 44.1 Å². The molecular formula is C21H23NO7S2. The lowest BCUT2D eigenvalue weighted by Crippen LogP contribution is -2.23. The monoisotopic (exact) mass is 465 g/mol. The fraction of sp³-hybridized carbons (Fsp3) is 0.333. The summed E-state index contributed by atoms with van der Waals surface area (Å²) in [6.45, 7) is 3.53. The average Bonchev–Trinajstić information content (AvgIpc) is 3.20. The summed E-state index contributed by atoms with van der Waals surface area (Å²) in [4.78, 5) is 25.6. The van der Waals surface area contributed by atoms with Gasteiger partial charge in [-0.25, -0.2) is 4.79 Å². The van der Waals surface area contributed by atoms with E-state index in [1.165, 1.54) is 12.1 Å². The minimum Gasteiger partial charge on any atom is -0.481 e. The highest BCUT2D eigenvalue weighted by atomic mass is 32.3. The van der Waals surface area contributed by atoms with Gasteiger partial charge in [-0.3, -0.25) is 9.35 Å². The fourth-order valence-electron chi connectivity index (χ4n) is 3.30. The molecule has 0 aliphatic rings. The summed E-state index contributed by atoms with van der Waals surface area (Å²) >= 11 is 0.799. The number of aliphatic carboxylic acids is 1. The van der Waals surface area contributed by atoms with Crippen molar-refractivity contribution in [1.82, 2.24) is 0 Å². The number of carboxylic acids is 1. The summed E-state index contributed by atoms with van der Waals surface area (Å²) in [5, 5.41) is 9.41. The van der Waals surface area contributed by atoms with E-state index in [0.717, 1.165) is 43.0 Å². The van der Waals surface area contributed by atoms with E-state index in [-0.39, 0.29) is 16.2 Å². The Hall–Kier alpha value is -2.69. The molecule has 0 amide bonds. The zero-order chi connectivity index (χ0) is 22.6. The van der Waals surface area contributed by atoms with E-state index >= 15 is 0 Å². The van der Waals surface area contributed by atoms with E-state index in [4.69, 9.17) is 14.1 Å². The Kier molecular flexibility index (Phi) is 7.14. The second kappa shape index (κ2) is 9.63. The molecule has 0 atom stereocenters. The van der Waals surface area contributed by atoms with Crippen molar-refractivity contribution in [3.05, 3.63) is 46.8 Å². The van der Waals surface area contributed by atoms with E-state index in [1.54, 1.807) is 12.1 Å². The Morgan fingerprint density at radius 2 is 1.90 bits per heavy atom. The maximum Gasteiger partial charge on any atom is 0.345 e. The number of carbonyl (C=O) groups is 1. The quantitative estimate of drug-likeness (QED) is 0.259. The van der Waals surface area contributed by atoms with Gasteiger partial charge in [0.2, 0.25) is 0 Å². The second-order valence-corrected chi connectivity index (χ2v) is 9.78. The SMILES string of the molecule is CCN(CCCCCC(=O)O)c1ccc2cc(-c3ccc(S(=O)(=O)O)s3)c(=O)oc2c1. The van der Waals surface area contributed by atoms with Crippen LogP contribution in [0.25, 0.3) is 21.4 Å². The number of anilines is 1. The highest BCUT2D eigenvalue weighted by molar-refractivity contribution is 7.88. The Labute approximate surface area is 183 Å². The molecule has 0 unspecified atom stereocenters. The molecule has 1 aromatic carbocycles. The standard InChI is InChI=1S/C21H23NO7S2/c1-2-22(11-5-3-4-6-19(23)24)15-8-7-14-12-16(21(25)29-17(14)13-15)18-9-10-20(30-18)31(26,27)28/h7-10,12-13H,2-6,11H2,1H3,(H,23,24)(H,26,27,28). The van der Waals surface area contributed by atoms with Crippen LogP contribution in [0, 0.1) is 0 Å². The summed E-state index contributed by atoms with van der Waals surface area (Å²) in [5.74, 6) is -0.784. The predicted molar refractivity (Wildman–Crippen MR) is 120 cm³/mol. The van der Waals surface area contributed by atoms with Gasteiger partial charge < -0.3 is 14.4 Å². The van der Waals surface area contributed by atoms with Crippen molar-refractivity contribution in [1.29, 1.82) is 0 Å². The lowest BCUT2D eigenvalue weighted by Gasteiger charge is -2.23. The van der Waals surface area contributed by atoms with Gasteiger partial charge in [0.05, 0.1) is 5.56 Å². The molecule has 0 fully saturated rings. The third-order valence-corrected chi connectivity index (χ3v) is 7.33. The van der Waals surface area contributed by atoms with Gasteiger partial charge in [0, 0.05) is 41.5 Å². The molecule has 2 N–H and O–H groups in total. The first-order valence-corrected chi connectivity index (χ1v) is 12.1. The molecule has 2 heterocycles. The first-order valence-electron chi connectivity index (χ1n) is 9.81. The number of nitrogens with zero attached hydrogens (tertiary/aromatic N) is 1. The highest BCUT2D eigenvalue weighted by Gasteiger charge is 2.17. The van der Waals surface area contributed by atoms with Crippen LogP contribution in [-0.2, 0) is 14.9 Å². The number of thiophene rings is 1. The lowest BCUT2D eigenvalue weighted by atomic mass is 10.1. The average molecular weight is 466 g/mol. The zero-order valence-corrected chi connectivity index (χ0v) is 18.5. The van der Waals surface area contributed by atoms with E-state index < -0.39 is 21.7 Å². The molecule has 0 aliphatic carbocycles. The van der Waals surface area contributed by atoms with Crippen molar-refractivity contribution in [2.45, 2.75) is 36.8 Å². The minimum atomic E-state index is -4.33. The van der Waals surface area contributed by atoms with Crippen LogP contribution < -0.4 is 10.5 Å². The maximum absolute atomic E-state index is 12.5. The van der Waals surface area contributed by atoms with Gasteiger partial charge >= 0.3 is 21.7 Å². The van der Waals surface area contributed by atoms with Crippen LogP contribution in [0.4, 0.5) is 5.69 Å². The van der Waals surface area contributed by atoms with E-state index in [1.807, 2.05) is 19.1 Å². The van der Waals surface area contributed by atoms with Crippen molar-refractivity contribution in [2.24, 2.45) is 0 Å². The Morgan fingerprint density at radius 3 is 2.55 bits per heavy atom. The molecule has 3 aromatic rings. The number of rotatable bonds is 10. The third kappa shape index (κ3) is 5.72. The first kappa shape index (κ1) is 23.0. The van der Waals surface area contributed by atoms with E-state index in [9.17, 15) is 18.0 Å². The van der Waals surface area contributed by atoms with E-state index in [0.29, 0.717) is 22.3 Å². The van der Waals surface area contributed by atoms with Crippen LogP contribution in [0.5, 0.6) is 0 Å². The van der Waals surface area contributed by atoms with Crippen LogP contribution >= 0.6 is 11.3 Å². The fourth-order valence-corrected chi connectivity index (χ4v) is 4.97. The Bertz CT molecular complexity index is 1240. The summed E-state index contributed by atoms with van der Waals surface area (Å²) in [5.41, 5.74) is 0.951. The summed E-state index contributed by atoms with van der Waals surface area (Å²) < 4.78 is 37.0. The Balaban J connectivity index is 1.81. The topological polar surface area (TPSA) is 125 Å². The molecule has 166 valence electrons. The molecule has 3 rings (SSSR count).